The van der Waals surface area contributed by atoms with Crippen LogP contribution in [0.2, 0.25) is 0 Å². The van der Waals surface area contributed by atoms with Crippen LogP contribution in [-0.4, -0.2) is 46.5 Å². The van der Waals surface area contributed by atoms with Crippen molar-refractivity contribution in [1.29, 1.82) is 0 Å². The number of rotatable bonds is 8. The molecule has 0 aliphatic heterocycles. The largest absolute Gasteiger partial charge is 0.357 e. The first-order chi connectivity index (χ1) is 12.5. The van der Waals surface area contributed by atoms with E-state index in [4.69, 9.17) is 0 Å². The first-order valence-electron chi connectivity index (χ1n) is 8.50. The summed E-state index contributed by atoms with van der Waals surface area (Å²) in [4.78, 5) is 8.39. The average Bonchev–Trinajstić information content (AvgIpc) is 3.17. The minimum absolute atomic E-state index is 0. The molecule has 150 valence electrons. The lowest BCUT2D eigenvalue weighted by atomic mass is 10.2. The number of sulfonamides is 1. The monoisotopic (exact) mass is 522 g/mol. The first kappa shape index (κ1) is 23.9. The number of thiophene rings is 1. The Morgan fingerprint density at radius 1 is 1.22 bits per heavy atom. The Bertz CT molecular complexity index is 806. The second kappa shape index (κ2) is 11.6. The molecule has 0 saturated heterocycles. The number of likely N-dealkylation sites (N-methyl/N-ethyl adjacent to an activating group) is 1. The van der Waals surface area contributed by atoms with Crippen molar-refractivity contribution in [2.45, 2.75) is 24.8 Å². The Balaban J connectivity index is 0.00000364. The molecular formula is C18H27IN4O2S2. The molecule has 0 spiro atoms. The SMILES string of the molecule is CCNC(=NCc1ccc(S(=O)(=O)NC)cc1)N(C)CCc1cccs1.I. The summed E-state index contributed by atoms with van der Waals surface area (Å²) >= 11 is 1.76. The Hall–Kier alpha value is -1.17. The van der Waals surface area contributed by atoms with E-state index in [1.807, 2.05) is 14.0 Å². The molecule has 9 heteroatoms. The van der Waals surface area contributed by atoms with E-state index >= 15 is 0 Å². The normalized spacial score (nSPS) is 11.7. The highest BCUT2D eigenvalue weighted by Gasteiger charge is 2.10. The van der Waals surface area contributed by atoms with Crippen LogP contribution in [0.25, 0.3) is 0 Å². The molecule has 1 heterocycles. The van der Waals surface area contributed by atoms with Crippen LogP contribution >= 0.6 is 35.3 Å². The van der Waals surface area contributed by atoms with Crippen LogP contribution in [0, 0.1) is 0 Å². The van der Waals surface area contributed by atoms with Gasteiger partial charge < -0.3 is 10.2 Å². The molecule has 2 N–H and O–H groups in total. The van der Waals surface area contributed by atoms with Crippen molar-refractivity contribution in [1.82, 2.24) is 14.9 Å². The quantitative estimate of drug-likeness (QED) is 0.318. The number of guanidine groups is 1. The maximum absolute atomic E-state index is 11.8. The number of hydrogen-bond acceptors (Lipinski definition) is 4. The van der Waals surface area contributed by atoms with Crippen LogP contribution in [-0.2, 0) is 23.0 Å². The second-order valence-electron chi connectivity index (χ2n) is 5.77. The van der Waals surface area contributed by atoms with Gasteiger partial charge in [-0.2, -0.15) is 0 Å². The lowest BCUT2D eigenvalue weighted by Crippen LogP contribution is -2.39. The molecule has 0 fully saturated rings. The molecule has 0 atom stereocenters. The Morgan fingerprint density at radius 3 is 2.48 bits per heavy atom. The molecule has 2 rings (SSSR count). The fourth-order valence-corrected chi connectivity index (χ4v) is 3.79. The molecule has 0 aliphatic carbocycles. The van der Waals surface area contributed by atoms with Crippen LogP contribution < -0.4 is 10.0 Å². The summed E-state index contributed by atoms with van der Waals surface area (Å²) in [5, 5.41) is 5.39. The lowest BCUT2D eigenvalue weighted by molar-refractivity contribution is 0.486. The molecule has 2 aromatic rings. The molecule has 0 amide bonds. The molecule has 27 heavy (non-hydrogen) atoms. The minimum Gasteiger partial charge on any atom is -0.357 e. The minimum atomic E-state index is -3.40. The van der Waals surface area contributed by atoms with Gasteiger partial charge in [0.1, 0.15) is 0 Å². The number of hydrogen-bond donors (Lipinski definition) is 2. The summed E-state index contributed by atoms with van der Waals surface area (Å²) in [6, 6.07) is 11.0. The summed E-state index contributed by atoms with van der Waals surface area (Å²) < 4.78 is 25.8. The van der Waals surface area contributed by atoms with Crippen molar-refractivity contribution in [3.8, 4) is 0 Å². The maximum Gasteiger partial charge on any atom is 0.240 e. The van der Waals surface area contributed by atoms with Gasteiger partial charge in [0.25, 0.3) is 0 Å². The third-order valence-electron chi connectivity index (χ3n) is 3.88. The smallest absolute Gasteiger partial charge is 0.240 e. The Morgan fingerprint density at radius 2 is 1.93 bits per heavy atom. The van der Waals surface area contributed by atoms with Gasteiger partial charge in [-0.05, 0) is 49.5 Å². The van der Waals surface area contributed by atoms with Crippen molar-refractivity contribution >= 4 is 51.3 Å². The topological polar surface area (TPSA) is 73.8 Å². The van der Waals surface area contributed by atoms with Crippen molar-refractivity contribution < 1.29 is 8.42 Å². The first-order valence-corrected chi connectivity index (χ1v) is 10.9. The van der Waals surface area contributed by atoms with Crippen molar-refractivity contribution in [2.75, 3.05) is 27.2 Å². The maximum atomic E-state index is 11.8. The molecular weight excluding hydrogens is 495 g/mol. The standard InChI is InChI=1S/C18H26N4O2S2.HI/c1-4-20-18(22(3)12-11-16-6-5-13-25-16)21-14-15-7-9-17(10-8-15)26(23,24)19-2;/h5-10,13,19H,4,11-12,14H2,1-3H3,(H,20,21);1H. The predicted octanol–water partition coefficient (Wildman–Crippen LogP) is 2.91. The second-order valence-corrected chi connectivity index (χ2v) is 8.69. The number of halogens is 1. The highest BCUT2D eigenvalue weighted by Crippen LogP contribution is 2.12. The summed E-state index contributed by atoms with van der Waals surface area (Å²) in [7, 11) is 0.0279. The predicted molar refractivity (Wildman–Crippen MR) is 124 cm³/mol. The third-order valence-corrected chi connectivity index (χ3v) is 6.25. The summed E-state index contributed by atoms with van der Waals surface area (Å²) in [6.45, 7) is 4.21. The van der Waals surface area contributed by atoms with Crippen LogP contribution in [0.15, 0.2) is 51.7 Å². The van der Waals surface area contributed by atoms with Gasteiger partial charge in [0.15, 0.2) is 5.96 Å². The molecule has 1 aromatic carbocycles. The number of nitrogens with one attached hydrogen (secondary N) is 2. The van der Waals surface area contributed by atoms with E-state index in [2.05, 4.69) is 37.4 Å². The zero-order valence-electron chi connectivity index (χ0n) is 15.8. The van der Waals surface area contributed by atoms with Crippen LogP contribution in [0.3, 0.4) is 0 Å². The van der Waals surface area contributed by atoms with Crippen molar-refractivity contribution in [3.63, 3.8) is 0 Å². The van der Waals surface area contributed by atoms with Crippen LogP contribution in [0.1, 0.15) is 17.4 Å². The zero-order chi connectivity index (χ0) is 19.0. The molecule has 1 aromatic heterocycles. The highest BCUT2D eigenvalue weighted by atomic mass is 127. The van der Waals surface area contributed by atoms with Crippen LogP contribution in [0.5, 0.6) is 0 Å². The van der Waals surface area contributed by atoms with E-state index < -0.39 is 10.0 Å². The molecule has 0 bridgehead atoms. The van der Waals surface area contributed by atoms with E-state index in [1.165, 1.54) is 11.9 Å². The van der Waals surface area contributed by atoms with Gasteiger partial charge in [-0.3, -0.25) is 0 Å². The van der Waals surface area contributed by atoms with Gasteiger partial charge in [-0.1, -0.05) is 18.2 Å². The molecule has 0 unspecified atom stereocenters. The van der Waals surface area contributed by atoms with Gasteiger partial charge >= 0.3 is 0 Å². The Kier molecular flexibility index (Phi) is 10.3. The molecule has 6 nitrogen and oxygen atoms in total. The average molecular weight is 522 g/mol. The third kappa shape index (κ3) is 7.40. The van der Waals surface area contributed by atoms with Crippen molar-refractivity contribution in [2.24, 2.45) is 4.99 Å². The highest BCUT2D eigenvalue weighted by molar-refractivity contribution is 14.0. The van der Waals surface area contributed by atoms with E-state index in [0.717, 1.165) is 31.0 Å². The number of aliphatic imine (C=N–C) groups is 1. The Labute approximate surface area is 183 Å². The van der Waals surface area contributed by atoms with Gasteiger partial charge in [-0.15, -0.1) is 35.3 Å². The lowest BCUT2D eigenvalue weighted by Gasteiger charge is -2.21. The molecule has 0 saturated carbocycles. The van der Waals surface area contributed by atoms with E-state index in [-0.39, 0.29) is 28.9 Å². The summed E-state index contributed by atoms with van der Waals surface area (Å²) in [6.07, 6.45) is 0.981. The fraction of sp³-hybridized carbons (Fsp3) is 0.389. The summed E-state index contributed by atoms with van der Waals surface area (Å²) in [5.41, 5.74) is 0.960. The van der Waals surface area contributed by atoms with Gasteiger partial charge in [0, 0.05) is 25.0 Å². The zero-order valence-corrected chi connectivity index (χ0v) is 19.8. The summed E-state index contributed by atoms with van der Waals surface area (Å²) in [5.74, 6) is 0.843. The van der Waals surface area contributed by atoms with Crippen LogP contribution in [0.4, 0.5) is 0 Å². The van der Waals surface area contributed by atoms with Gasteiger partial charge in [0.2, 0.25) is 10.0 Å². The number of nitrogens with zero attached hydrogens (tertiary/aromatic N) is 2. The molecule has 0 radical (unpaired) electrons. The van der Waals surface area contributed by atoms with E-state index in [9.17, 15) is 8.42 Å². The van der Waals surface area contributed by atoms with E-state index in [0.29, 0.717) is 6.54 Å². The molecule has 0 aliphatic rings. The van der Waals surface area contributed by atoms with Gasteiger partial charge in [0.05, 0.1) is 11.4 Å². The number of benzene rings is 1. The van der Waals surface area contributed by atoms with Gasteiger partial charge in [-0.25, -0.2) is 18.1 Å². The fourth-order valence-electron chi connectivity index (χ4n) is 2.37. The van der Waals surface area contributed by atoms with E-state index in [1.54, 1.807) is 35.6 Å². The van der Waals surface area contributed by atoms with Crippen molar-refractivity contribution in [3.05, 3.63) is 52.2 Å².